The molecule has 2 saturated carbocycles. The summed E-state index contributed by atoms with van der Waals surface area (Å²) >= 11 is 0. The molecule has 0 aromatic carbocycles. The second-order valence-electron chi connectivity index (χ2n) is 5.83. The zero-order valence-corrected chi connectivity index (χ0v) is 10.8. The van der Waals surface area contributed by atoms with Crippen LogP contribution in [0.2, 0.25) is 0 Å². The molecule has 1 aromatic heterocycles. The molecule has 0 unspecified atom stereocenters. The van der Waals surface area contributed by atoms with Crippen molar-refractivity contribution in [2.24, 2.45) is 0 Å². The Hall–Kier alpha value is -1.25. The van der Waals surface area contributed by atoms with Gasteiger partial charge in [0.05, 0.1) is 0 Å². The monoisotopic (exact) mass is 247 g/mol. The van der Waals surface area contributed by atoms with Gasteiger partial charge in [-0.2, -0.15) is 0 Å². The Kier molecular flexibility index (Phi) is 2.92. The van der Waals surface area contributed by atoms with Crippen molar-refractivity contribution in [3.8, 4) is 0 Å². The van der Waals surface area contributed by atoms with Gasteiger partial charge in [-0.15, -0.1) is 0 Å². The molecular formula is C15H21NO2. The molecule has 3 heteroatoms. The number of hydrogen-bond donors (Lipinski definition) is 1. The number of carboxylic acid groups (broad SMARTS) is 1. The van der Waals surface area contributed by atoms with Gasteiger partial charge in [-0.1, -0.05) is 25.7 Å². The fourth-order valence-electron chi connectivity index (χ4n) is 3.86. The van der Waals surface area contributed by atoms with Crippen LogP contribution in [0.15, 0.2) is 18.3 Å². The number of carbonyl (C=O) groups is 1. The maximum Gasteiger partial charge on any atom is 0.329 e. The van der Waals surface area contributed by atoms with E-state index in [1.165, 1.54) is 31.4 Å². The van der Waals surface area contributed by atoms with Crippen molar-refractivity contribution in [3.05, 3.63) is 24.0 Å². The van der Waals surface area contributed by atoms with Crippen molar-refractivity contribution in [2.45, 2.75) is 62.8 Å². The largest absolute Gasteiger partial charge is 0.479 e. The molecule has 2 aliphatic rings. The van der Waals surface area contributed by atoms with Crippen LogP contribution in [0.1, 0.15) is 63.0 Å². The molecule has 1 aromatic rings. The Morgan fingerprint density at radius 2 is 1.89 bits per heavy atom. The highest BCUT2D eigenvalue weighted by Gasteiger charge is 2.44. The topological polar surface area (TPSA) is 42.2 Å². The maximum absolute atomic E-state index is 11.8. The van der Waals surface area contributed by atoms with Crippen molar-refractivity contribution in [1.29, 1.82) is 0 Å². The molecule has 1 heterocycles. The third-order valence-corrected chi connectivity index (χ3v) is 4.84. The first-order valence-electron chi connectivity index (χ1n) is 7.15. The van der Waals surface area contributed by atoms with Crippen molar-refractivity contribution in [3.63, 3.8) is 0 Å². The molecular weight excluding hydrogens is 226 g/mol. The summed E-state index contributed by atoms with van der Waals surface area (Å²) in [4.78, 5) is 11.8. The Balaban J connectivity index is 2.00. The standard InChI is InChI=1S/C15H21NO2/c17-14(18)15(9-3-4-10-15)16-11-5-8-13(16)12-6-1-2-7-12/h5,8,11-12H,1-4,6-7,9-10H2,(H,17,18). The van der Waals surface area contributed by atoms with Crippen LogP contribution in [0.25, 0.3) is 0 Å². The summed E-state index contributed by atoms with van der Waals surface area (Å²) in [6, 6.07) is 4.16. The lowest BCUT2D eigenvalue weighted by Crippen LogP contribution is -2.40. The van der Waals surface area contributed by atoms with E-state index in [2.05, 4.69) is 10.6 Å². The predicted molar refractivity (Wildman–Crippen MR) is 69.7 cm³/mol. The summed E-state index contributed by atoms with van der Waals surface area (Å²) in [5.74, 6) is -0.0627. The second kappa shape index (κ2) is 4.45. The Labute approximate surface area is 108 Å². The molecule has 0 spiro atoms. The van der Waals surface area contributed by atoms with Gasteiger partial charge in [-0.3, -0.25) is 0 Å². The van der Waals surface area contributed by atoms with E-state index in [0.717, 1.165) is 25.7 Å². The summed E-state index contributed by atoms with van der Waals surface area (Å²) < 4.78 is 2.10. The van der Waals surface area contributed by atoms with E-state index < -0.39 is 11.5 Å². The molecule has 98 valence electrons. The summed E-state index contributed by atoms with van der Waals surface area (Å²) in [6.07, 6.45) is 10.7. The molecule has 0 bridgehead atoms. The van der Waals surface area contributed by atoms with E-state index in [1.54, 1.807) is 0 Å². The number of aliphatic carboxylic acids is 1. The second-order valence-corrected chi connectivity index (χ2v) is 5.83. The quantitative estimate of drug-likeness (QED) is 0.888. The van der Waals surface area contributed by atoms with E-state index in [-0.39, 0.29) is 0 Å². The van der Waals surface area contributed by atoms with Crippen molar-refractivity contribution < 1.29 is 9.90 Å². The van der Waals surface area contributed by atoms with Crippen LogP contribution >= 0.6 is 0 Å². The number of nitrogens with zero attached hydrogens (tertiary/aromatic N) is 1. The lowest BCUT2D eigenvalue weighted by Gasteiger charge is -2.30. The predicted octanol–water partition coefficient (Wildman–Crippen LogP) is 3.50. The molecule has 0 atom stereocenters. The lowest BCUT2D eigenvalue weighted by atomic mass is 9.95. The maximum atomic E-state index is 11.8. The zero-order valence-electron chi connectivity index (χ0n) is 10.8. The number of carboxylic acids is 1. The molecule has 0 saturated heterocycles. The van der Waals surface area contributed by atoms with Crippen LogP contribution in [0.3, 0.4) is 0 Å². The molecule has 0 aliphatic heterocycles. The first kappa shape index (κ1) is 11.8. The Morgan fingerprint density at radius 3 is 2.50 bits per heavy atom. The van der Waals surface area contributed by atoms with E-state index in [0.29, 0.717) is 5.92 Å². The third kappa shape index (κ3) is 1.68. The van der Waals surface area contributed by atoms with Crippen molar-refractivity contribution in [2.75, 3.05) is 0 Å². The zero-order chi connectivity index (χ0) is 12.6. The Morgan fingerprint density at radius 1 is 1.22 bits per heavy atom. The minimum Gasteiger partial charge on any atom is -0.479 e. The normalized spacial score (nSPS) is 23.6. The van der Waals surface area contributed by atoms with Gasteiger partial charge in [0.2, 0.25) is 0 Å². The fourth-order valence-corrected chi connectivity index (χ4v) is 3.86. The molecule has 3 nitrogen and oxygen atoms in total. The highest BCUT2D eigenvalue weighted by molar-refractivity contribution is 5.77. The van der Waals surface area contributed by atoms with E-state index in [4.69, 9.17) is 0 Å². The van der Waals surface area contributed by atoms with Crippen LogP contribution in [0.4, 0.5) is 0 Å². The first-order valence-corrected chi connectivity index (χ1v) is 7.15. The van der Waals surface area contributed by atoms with Gasteiger partial charge in [0, 0.05) is 11.9 Å². The van der Waals surface area contributed by atoms with E-state index in [1.807, 2.05) is 12.3 Å². The average molecular weight is 247 g/mol. The van der Waals surface area contributed by atoms with Crippen LogP contribution < -0.4 is 0 Å². The van der Waals surface area contributed by atoms with Crippen LogP contribution in [-0.4, -0.2) is 15.6 Å². The Bertz CT molecular complexity index is 437. The minimum atomic E-state index is -0.651. The third-order valence-electron chi connectivity index (χ3n) is 4.84. The number of rotatable bonds is 3. The van der Waals surface area contributed by atoms with Gasteiger partial charge in [-0.25, -0.2) is 4.79 Å². The van der Waals surface area contributed by atoms with Gasteiger partial charge in [-0.05, 0) is 43.7 Å². The summed E-state index contributed by atoms with van der Waals surface area (Å²) in [6.45, 7) is 0. The average Bonchev–Trinajstić information content (AvgIpc) is 3.11. The summed E-state index contributed by atoms with van der Waals surface area (Å²) in [5, 5.41) is 9.68. The van der Waals surface area contributed by atoms with Gasteiger partial charge in [0.15, 0.2) is 0 Å². The first-order chi connectivity index (χ1) is 8.74. The summed E-state index contributed by atoms with van der Waals surface area (Å²) in [5.41, 5.74) is 0.610. The van der Waals surface area contributed by atoms with Crippen LogP contribution in [0, 0.1) is 0 Å². The SMILES string of the molecule is O=C(O)C1(n2cccc2C2CCCC2)CCCC1. The smallest absolute Gasteiger partial charge is 0.329 e. The molecule has 2 fully saturated rings. The summed E-state index contributed by atoms with van der Waals surface area (Å²) in [7, 11) is 0. The highest BCUT2D eigenvalue weighted by atomic mass is 16.4. The van der Waals surface area contributed by atoms with Gasteiger partial charge in [0.1, 0.15) is 5.54 Å². The van der Waals surface area contributed by atoms with Crippen molar-refractivity contribution >= 4 is 5.97 Å². The lowest BCUT2D eigenvalue weighted by molar-refractivity contribution is -0.147. The molecule has 0 radical (unpaired) electrons. The molecule has 2 aliphatic carbocycles. The van der Waals surface area contributed by atoms with Crippen LogP contribution in [0.5, 0.6) is 0 Å². The molecule has 1 N–H and O–H groups in total. The number of aromatic nitrogens is 1. The van der Waals surface area contributed by atoms with Gasteiger partial charge in [0.25, 0.3) is 0 Å². The van der Waals surface area contributed by atoms with E-state index in [9.17, 15) is 9.90 Å². The minimum absolute atomic E-state index is 0.580. The number of hydrogen-bond acceptors (Lipinski definition) is 1. The molecule has 3 rings (SSSR count). The van der Waals surface area contributed by atoms with Gasteiger partial charge < -0.3 is 9.67 Å². The molecule has 18 heavy (non-hydrogen) atoms. The molecule has 0 amide bonds. The van der Waals surface area contributed by atoms with E-state index >= 15 is 0 Å². The fraction of sp³-hybridized carbons (Fsp3) is 0.667. The van der Waals surface area contributed by atoms with Gasteiger partial charge >= 0.3 is 5.97 Å². The highest BCUT2D eigenvalue weighted by Crippen LogP contribution is 2.42. The van der Waals surface area contributed by atoms with Crippen LogP contribution in [-0.2, 0) is 10.3 Å². The van der Waals surface area contributed by atoms with Crippen molar-refractivity contribution in [1.82, 2.24) is 4.57 Å².